The number of aryl methyl sites for hydroxylation is 1. The van der Waals surface area contributed by atoms with Crippen LogP contribution in [-0.4, -0.2) is 11.6 Å². The molecule has 0 unspecified atom stereocenters. The second-order valence-electron chi connectivity index (χ2n) is 2.01. The molecule has 0 fully saturated rings. The molecule has 0 amide bonds. The van der Waals surface area contributed by atoms with E-state index in [-0.39, 0.29) is 5.75 Å². The SMILES string of the molecule is CC.Cc1ccc(OC(F)F)cn1. The van der Waals surface area contributed by atoms with Gasteiger partial charge in [-0.25, -0.2) is 0 Å². The molecular weight excluding hydrogens is 176 g/mol. The van der Waals surface area contributed by atoms with E-state index in [0.717, 1.165) is 5.69 Å². The Bertz CT molecular complexity index is 224. The Balaban J connectivity index is 0.000000671. The van der Waals surface area contributed by atoms with Crippen LogP contribution in [0.15, 0.2) is 18.3 Å². The van der Waals surface area contributed by atoms with Gasteiger partial charge in [0, 0.05) is 5.69 Å². The fourth-order valence-electron chi connectivity index (χ4n) is 0.627. The lowest BCUT2D eigenvalue weighted by molar-refractivity contribution is -0.0500. The van der Waals surface area contributed by atoms with E-state index in [4.69, 9.17) is 0 Å². The molecule has 0 saturated carbocycles. The molecular formula is C9H13F2NO. The Kier molecular flexibility index (Phi) is 5.76. The molecule has 13 heavy (non-hydrogen) atoms. The molecule has 1 heterocycles. The molecule has 0 aliphatic rings. The van der Waals surface area contributed by atoms with E-state index >= 15 is 0 Å². The van der Waals surface area contributed by atoms with Gasteiger partial charge in [0.1, 0.15) is 5.75 Å². The number of alkyl halides is 2. The van der Waals surface area contributed by atoms with E-state index in [1.807, 2.05) is 13.8 Å². The van der Waals surface area contributed by atoms with E-state index in [0.29, 0.717) is 0 Å². The van der Waals surface area contributed by atoms with Gasteiger partial charge in [0.05, 0.1) is 6.20 Å². The molecule has 1 rings (SSSR count). The van der Waals surface area contributed by atoms with E-state index in [2.05, 4.69) is 9.72 Å². The van der Waals surface area contributed by atoms with Crippen LogP contribution in [0.2, 0.25) is 0 Å². The molecule has 1 aromatic heterocycles. The van der Waals surface area contributed by atoms with Crippen LogP contribution < -0.4 is 4.74 Å². The lowest BCUT2D eigenvalue weighted by Crippen LogP contribution is -2.01. The minimum Gasteiger partial charge on any atom is -0.433 e. The number of rotatable bonds is 2. The maximum Gasteiger partial charge on any atom is 0.387 e. The zero-order chi connectivity index (χ0) is 10.3. The summed E-state index contributed by atoms with van der Waals surface area (Å²) in [5.74, 6) is 0.0885. The number of nitrogens with zero attached hydrogens (tertiary/aromatic N) is 1. The Labute approximate surface area is 76.6 Å². The van der Waals surface area contributed by atoms with Gasteiger partial charge in [0.2, 0.25) is 0 Å². The highest BCUT2D eigenvalue weighted by Crippen LogP contribution is 2.11. The van der Waals surface area contributed by atoms with Crippen LogP contribution >= 0.6 is 0 Å². The Hall–Kier alpha value is -1.19. The highest BCUT2D eigenvalue weighted by atomic mass is 19.3. The first-order chi connectivity index (χ1) is 6.18. The Morgan fingerprint density at radius 2 is 1.92 bits per heavy atom. The van der Waals surface area contributed by atoms with Gasteiger partial charge in [0.15, 0.2) is 0 Å². The average molecular weight is 189 g/mol. The van der Waals surface area contributed by atoms with Crippen LogP contribution in [-0.2, 0) is 0 Å². The zero-order valence-corrected chi connectivity index (χ0v) is 7.92. The number of hydrogen-bond donors (Lipinski definition) is 0. The van der Waals surface area contributed by atoms with Crippen molar-refractivity contribution in [3.63, 3.8) is 0 Å². The third-order valence-electron chi connectivity index (χ3n) is 1.11. The summed E-state index contributed by atoms with van der Waals surface area (Å²) < 4.78 is 27.2. The number of aromatic nitrogens is 1. The van der Waals surface area contributed by atoms with Crippen molar-refractivity contribution in [1.82, 2.24) is 4.98 Å². The zero-order valence-electron chi connectivity index (χ0n) is 7.92. The quantitative estimate of drug-likeness (QED) is 0.713. The first-order valence-electron chi connectivity index (χ1n) is 4.06. The monoisotopic (exact) mass is 189 g/mol. The number of halogens is 2. The van der Waals surface area contributed by atoms with Crippen molar-refractivity contribution in [2.24, 2.45) is 0 Å². The minimum atomic E-state index is -2.78. The predicted octanol–water partition coefficient (Wildman–Crippen LogP) is 3.02. The third kappa shape index (κ3) is 5.11. The predicted molar refractivity (Wildman–Crippen MR) is 47.0 cm³/mol. The van der Waals surface area contributed by atoms with Gasteiger partial charge in [-0.1, -0.05) is 13.8 Å². The molecule has 0 N–H and O–H groups in total. The molecule has 74 valence electrons. The van der Waals surface area contributed by atoms with Gasteiger partial charge in [-0.05, 0) is 19.1 Å². The maximum atomic E-state index is 11.6. The fraction of sp³-hybridized carbons (Fsp3) is 0.444. The normalized spacial score (nSPS) is 9.08. The number of pyridine rings is 1. The topological polar surface area (TPSA) is 22.1 Å². The van der Waals surface area contributed by atoms with Crippen molar-refractivity contribution in [1.29, 1.82) is 0 Å². The second-order valence-corrected chi connectivity index (χ2v) is 2.01. The largest absolute Gasteiger partial charge is 0.433 e. The summed E-state index contributed by atoms with van der Waals surface area (Å²) in [4.78, 5) is 3.77. The lowest BCUT2D eigenvalue weighted by Gasteiger charge is -2.02. The first kappa shape index (κ1) is 11.8. The molecule has 0 atom stereocenters. The average Bonchev–Trinajstić information content (AvgIpc) is 2.12. The van der Waals surface area contributed by atoms with Gasteiger partial charge in [-0.15, -0.1) is 0 Å². The van der Waals surface area contributed by atoms with Gasteiger partial charge in [0.25, 0.3) is 0 Å². The third-order valence-corrected chi connectivity index (χ3v) is 1.11. The molecule has 1 aromatic rings. The van der Waals surface area contributed by atoms with Crippen LogP contribution in [0.25, 0.3) is 0 Å². The summed E-state index contributed by atoms with van der Waals surface area (Å²) >= 11 is 0. The first-order valence-corrected chi connectivity index (χ1v) is 4.06. The molecule has 4 heteroatoms. The second kappa shape index (κ2) is 6.34. The van der Waals surface area contributed by atoms with Gasteiger partial charge in [-0.3, -0.25) is 4.98 Å². The summed E-state index contributed by atoms with van der Waals surface area (Å²) in [6.07, 6.45) is 1.27. The smallest absolute Gasteiger partial charge is 0.387 e. The molecule has 0 aliphatic heterocycles. The molecule has 0 aliphatic carbocycles. The molecule has 2 nitrogen and oxygen atoms in total. The highest BCUT2D eigenvalue weighted by molar-refractivity contribution is 5.18. The standard InChI is InChI=1S/C7H7F2NO.C2H6/c1-5-2-3-6(4-10-5)11-7(8)9;1-2/h2-4,7H,1H3;1-2H3. The molecule has 0 spiro atoms. The number of ether oxygens (including phenoxy) is 1. The van der Waals surface area contributed by atoms with Crippen LogP contribution in [0.4, 0.5) is 8.78 Å². The number of hydrogen-bond acceptors (Lipinski definition) is 2. The van der Waals surface area contributed by atoms with Crippen LogP contribution in [0, 0.1) is 6.92 Å². The fourth-order valence-corrected chi connectivity index (χ4v) is 0.627. The van der Waals surface area contributed by atoms with Crippen LogP contribution in [0.3, 0.4) is 0 Å². The van der Waals surface area contributed by atoms with Crippen molar-refractivity contribution in [2.45, 2.75) is 27.4 Å². The van der Waals surface area contributed by atoms with E-state index in [1.165, 1.54) is 12.3 Å². The molecule has 0 bridgehead atoms. The maximum absolute atomic E-state index is 11.6. The van der Waals surface area contributed by atoms with Crippen molar-refractivity contribution in [3.8, 4) is 5.75 Å². The molecule has 0 radical (unpaired) electrons. The van der Waals surface area contributed by atoms with E-state index in [1.54, 1.807) is 13.0 Å². The summed E-state index contributed by atoms with van der Waals surface area (Å²) in [6, 6.07) is 3.06. The summed E-state index contributed by atoms with van der Waals surface area (Å²) in [6.45, 7) is 2.99. The summed E-state index contributed by atoms with van der Waals surface area (Å²) in [5.41, 5.74) is 0.770. The summed E-state index contributed by atoms with van der Waals surface area (Å²) in [7, 11) is 0. The van der Waals surface area contributed by atoms with Crippen molar-refractivity contribution < 1.29 is 13.5 Å². The minimum absolute atomic E-state index is 0.0885. The van der Waals surface area contributed by atoms with Gasteiger partial charge >= 0.3 is 6.61 Å². The highest BCUT2D eigenvalue weighted by Gasteiger charge is 2.02. The molecule has 0 saturated heterocycles. The van der Waals surface area contributed by atoms with E-state index in [9.17, 15) is 8.78 Å². The Morgan fingerprint density at radius 3 is 2.31 bits per heavy atom. The van der Waals surface area contributed by atoms with Crippen LogP contribution in [0.5, 0.6) is 5.75 Å². The van der Waals surface area contributed by atoms with E-state index < -0.39 is 6.61 Å². The Morgan fingerprint density at radius 1 is 1.31 bits per heavy atom. The van der Waals surface area contributed by atoms with Crippen molar-refractivity contribution in [2.75, 3.05) is 0 Å². The molecule has 0 aromatic carbocycles. The lowest BCUT2D eigenvalue weighted by atomic mass is 10.4. The van der Waals surface area contributed by atoms with Gasteiger partial charge < -0.3 is 4.74 Å². The van der Waals surface area contributed by atoms with Crippen LogP contribution in [0.1, 0.15) is 19.5 Å². The van der Waals surface area contributed by atoms with Crippen molar-refractivity contribution >= 4 is 0 Å². The summed E-state index contributed by atoms with van der Waals surface area (Å²) in [5, 5.41) is 0. The van der Waals surface area contributed by atoms with Crippen molar-refractivity contribution in [3.05, 3.63) is 24.0 Å². The van der Waals surface area contributed by atoms with Gasteiger partial charge in [-0.2, -0.15) is 8.78 Å².